The minimum absolute atomic E-state index is 0.0759. The van der Waals surface area contributed by atoms with Crippen LogP contribution in [-0.2, 0) is 23.8 Å². The molecule has 0 amide bonds. The van der Waals surface area contributed by atoms with Crippen molar-refractivity contribution < 1.29 is 34.0 Å². The highest BCUT2D eigenvalue weighted by molar-refractivity contribution is 5.87. The molecule has 2 aromatic rings. The number of carbonyl (C=O) groups excluding carboxylic acids is 2. The molecule has 2 aromatic carbocycles. The maximum atomic E-state index is 12.3. The molecule has 0 saturated heterocycles. The molecule has 0 aromatic heterocycles. The highest BCUT2D eigenvalue weighted by Gasteiger charge is 2.41. The Morgan fingerprint density at radius 3 is 1.95 bits per heavy atom. The first-order chi connectivity index (χ1) is 30.4. The van der Waals surface area contributed by atoms with E-state index in [2.05, 4.69) is 88.5 Å². The number of ether oxygens (including phenoxy) is 3. The monoisotopic (exact) mass is 865 g/mol. The molecule has 63 heavy (non-hydrogen) atoms. The average molecular weight is 865 g/mol. The molecule has 3 aliphatic carbocycles. The summed E-state index contributed by atoms with van der Waals surface area (Å²) in [5.74, 6) is 1.22. The van der Waals surface area contributed by atoms with Gasteiger partial charge in [-0.05, 0) is 155 Å². The zero-order valence-electron chi connectivity index (χ0n) is 39.6. The van der Waals surface area contributed by atoms with Crippen LogP contribution in [0.25, 0.3) is 16.7 Å². The van der Waals surface area contributed by atoms with Crippen LogP contribution in [0.2, 0.25) is 0 Å². The van der Waals surface area contributed by atoms with Gasteiger partial charge in [0.1, 0.15) is 0 Å². The van der Waals surface area contributed by atoms with Gasteiger partial charge in [-0.2, -0.15) is 0 Å². The van der Waals surface area contributed by atoms with Gasteiger partial charge in [0.2, 0.25) is 0 Å². The van der Waals surface area contributed by atoms with E-state index in [4.69, 9.17) is 14.2 Å². The largest absolute Gasteiger partial charge is 0.462 e. The predicted molar refractivity (Wildman–Crippen MR) is 257 cm³/mol. The fourth-order valence-corrected chi connectivity index (χ4v) is 9.86. The van der Waals surface area contributed by atoms with Crippen molar-refractivity contribution in [3.8, 4) is 11.1 Å². The van der Waals surface area contributed by atoms with Crippen molar-refractivity contribution >= 4 is 17.5 Å². The van der Waals surface area contributed by atoms with E-state index >= 15 is 0 Å². The third-order valence-electron chi connectivity index (χ3n) is 14.4. The second kappa shape index (κ2) is 24.5. The van der Waals surface area contributed by atoms with Gasteiger partial charge in [-0.1, -0.05) is 120 Å². The first-order valence-corrected chi connectivity index (χ1v) is 24.5. The summed E-state index contributed by atoms with van der Waals surface area (Å²) in [6.07, 6.45) is 23.5. The second-order valence-corrected chi connectivity index (χ2v) is 19.5. The molecule has 0 heterocycles. The Hall–Kier alpha value is -3.78. The van der Waals surface area contributed by atoms with Gasteiger partial charge in [0.15, 0.2) is 0 Å². The van der Waals surface area contributed by atoms with Gasteiger partial charge in [0.05, 0.1) is 32.0 Å². The molecule has 0 spiro atoms. The highest BCUT2D eigenvalue weighted by Crippen LogP contribution is 2.49. The molecule has 3 aliphatic rings. The number of unbranched alkanes of at least 4 members (excludes halogenated alkanes) is 3. The summed E-state index contributed by atoms with van der Waals surface area (Å²) >= 11 is 0. The minimum atomic E-state index is -0.739. The minimum Gasteiger partial charge on any atom is -0.462 e. The van der Waals surface area contributed by atoms with Crippen molar-refractivity contribution in [3.63, 3.8) is 0 Å². The topological polar surface area (TPSA) is 102 Å². The van der Waals surface area contributed by atoms with Crippen LogP contribution in [0.5, 0.6) is 0 Å². The number of carbonyl (C=O) groups is 2. The van der Waals surface area contributed by atoms with Gasteiger partial charge in [-0.25, -0.2) is 9.59 Å². The summed E-state index contributed by atoms with van der Waals surface area (Å²) in [5, 5.41) is 20.9. The van der Waals surface area contributed by atoms with E-state index in [1.54, 1.807) is 13.8 Å². The Kier molecular flexibility index (Phi) is 19.5. The number of allylic oxidation sites excluding steroid dienone is 2. The number of hydrogen-bond donors (Lipinski definition) is 2. The van der Waals surface area contributed by atoms with Gasteiger partial charge >= 0.3 is 11.9 Å². The Bertz CT molecular complexity index is 1870. The van der Waals surface area contributed by atoms with E-state index in [1.165, 1.54) is 92.0 Å². The van der Waals surface area contributed by atoms with Crippen LogP contribution in [0, 0.1) is 17.3 Å². The standard InChI is InChI=1S/C56H80O7/c1-8-10-12-15-42-18-20-43(21-19-42)44-22-24-45(25-23-44)47-28-29-51(52(37-47)46-26-27-46)48-35-49(16-13-32-61-53(59)40(3)4)55(7,50(36-48)17-14-33-62-54(60)41(5)6)63-34-31-56(38-57,39-58)30-11-9-2/h22-25,28-29,35-37,42-43,46,49,57-58H,3,5,8-21,26-27,30-34,38-39H2,1-2,4,6-7H3. The fraction of sp³-hybridized carbons (Fsp3) is 0.607. The van der Waals surface area contributed by atoms with Crippen LogP contribution in [0.1, 0.15) is 179 Å². The smallest absolute Gasteiger partial charge is 0.333 e. The van der Waals surface area contributed by atoms with E-state index < -0.39 is 17.0 Å². The molecular formula is C56H80O7. The van der Waals surface area contributed by atoms with Crippen LogP contribution >= 0.6 is 0 Å². The molecule has 2 unspecified atom stereocenters. The number of hydrogen-bond acceptors (Lipinski definition) is 7. The molecule has 7 nitrogen and oxygen atoms in total. The summed E-state index contributed by atoms with van der Waals surface area (Å²) in [5.41, 5.74) is 8.25. The second-order valence-electron chi connectivity index (χ2n) is 19.5. The van der Waals surface area contributed by atoms with Gasteiger partial charge in [0.25, 0.3) is 0 Å². The van der Waals surface area contributed by atoms with Crippen LogP contribution in [-0.4, -0.2) is 60.8 Å². The zero-order valence-corrected chi connectivity index (χ0v) is 39.6. The summed E-state index contributed by atoms with van der Waals surface area (Å²) in [4.78, 5) is 24.7. The SMILES string of the molecule is C=C(C)C(=O)OCCCC1=CC(c2ccc(-c3ccc(C4CCC(CCCCC)CC4)cc3)cc2C2CC2)=CC(CCCOC(=O)C(=C)C)C1(C)OCCC(CO)(CO)CCCC. The molecule has 2 fully saturated rings. The average Bonchev–Trinajstić information content (AvgIpc) is 4.15. The Labute approximate surface area is 380 Å². The predicted octanol–water partition coefficient (Wildman–Crippen LogP) is 13.2. The first-order valence-electron chi connectivity index (χ1n) is 24.5. The molecule has 5 rings (SSSR count). The lowest BCUT2D eigenvalue weighted by Crippen LogP contribution is -2.43. The lowest BCUT2D eigenvalue weighted by atomic mass is 9.71. The maximum absolute atomic E-state index is 12.3. The number of benzene rings is 2. The number of rotatable bonds is 27. The lowest BCUT2D eigenvalue weighted by Gasteiger charge is -2.43. The van der Waals surface area contributed by atoms with Crippen molar-refractivity contribution in [1.29, 1.82) is 0 Å². The third-order valence-corrected chi connectivity index (χ3v) is 14.4. The van der Waals surface area contributed by atoms with E-state index in [1.807, 2.05) is 0 Å². The first kappa shape index (κ1) is 50.2. The molecular weight excluding hydrogens is 785 g/mol. The van der Waals surface area contributed by atoms with E-state index in [0.29, 0.717) is 61.7 Å². The molecule has 7 heteroatoms. The molecule has 0 aliphatic heterocycles. The van der Waals surface area contributed by atoms with Crippen molar-refractivity contribution in [2.45, 2.75) is 168 Å². The van der Waals surface area contributed by atoms with E-state index in [9.17, 15) is 19.8 Å². The number of esters is 2. The summed E-state index contributed by atoms with van der Waals surface area (Å²) in [7, 11) is 0. The summed E-state index contributed by atoms with van der Waals surface area (Å²) < 4.78 is 18.1. The highest BCUT2D eigenvalue weighted by atomic mass is 16.5. The van der Waals surface area contributed by atoms with E-state index in [-0.39, 0.29) is 38.3 Å². The zero-order chi connectivity index (χ0) is 45.4. The number of aliphatic hydroxyl groups excluding tert-OH is 2. The van der Waals surface area contributed by atoms with Crippen LogP contribution < -0.4 is 0 Å². The van der Waals surface area contributed by atoms with Gasteiger partial charge in [-0.15, -0.1) is 0 Å². The normalized spacial score (nSPS) is 21.3. The quantitative estimate of drug-likeness (QED) is 0.0524. The summed E-state index contributed by atoms with van der Waals surface area (Å²) in [6, 6.07) is 16.4. The van der Waals surface area contributed by atoms with Crippen LogP contribution in [0.15, 0.2) is 84.5 Å². The Balaban J connectivity index is 1.44. The van der Waals surface area contributed by atoms with Crippen LogP contribution in [0.4, 0.5) is 0 Å². The lowest BCUT2D eigenvalue weighted by molar-refractivity contribution is -0.139. The van der Waals surface area contributed by atoms with Gasteiger partial charge < -0.3 is 24.4 Å². The number of aliphatic hydroxyl groups is 2. The van der Waals surface area contributed by atoms with Crippen LogP contribution in [0.3, 0.4) is 0 Å². The van der Waals surface area contributed by atoms with Crippen molar-refractivity contribution in [2.24, 2.45) is 17.3 Å². The third kappa shape index (κ3) is 14.1. The van der Waals surface area contributed by atoms with Crippen molar-refractivity contribution in [2.75, 3.05) is 33.0 Å². The molecule has 0 bridgehead atoms. The fourth-order valence-electron chi connectivity index (χ4n) is 9.86. The molecule has 2 atom stereocenters. The maximum Gasteiger partial charge on any atom is 0.333 e. The van der Waals surface area contributed by atoms with Crippen molar-refractivity contribution in [1.82, 2.24) is 0 Å². The summed E-state index contributed by atoms with van der Waals surface area (Å²) in [6.45, 7) is 18.0. The van der Waals surface area contributed by atoms with Crippen molar-refractivity contribution in [3.05, 3.63) is 101 Å². The van der Waals surface area contributed by atoms with E-state index in [0.717, 1.165) is 36.3 Å². The molecule has 0 radical (unpaired) electrons. The van der Waals surface area contributed by atoms with Gasteiger partial charge in [-0.3, -0.25) is 0 Å². The Morgan fingerprint density at radius 2 is 1.35 bits per heavy atom. The van der Waals surface area contributed by atoms with Gasteiger partial charge in [0, 0.05) is 29.1 Å². The Morgan fingerprint density at radius 1 is 0.730 bits per heavy atom. The molecule has 2 N–H and O–H groups in total. The molecule has 2 saturated carbocycles. The molecule has 346 valence electrons.